The molecule has 1 saturated heterocycles. The number of ether oxygens (including phenoxy) is 2. The first-order chi connectivity index (χ1) is 6.11. The van der Waals surface area contributed by atoms with E-state index in [1.54, 1.807) is 7.11 Å². The van der Waals surface area contributed by atoms with Crippen LogP contribution in [0.15, 0.2) is 12.7 Å². The molecule has 1 heterocycles. The van der Waals surface area contributed by atoms with Crippen molar-refractivity contribution in [1.29, 1.82) is 0 Å². The zero-order chi connectivity index (χ0) is 10.0. The van der Waals surface area contributed by atoms with Gasteiger partial charge in [0.2, 0.25) is 0 Å². The van der Waals surface area contributed by atoms with Gasteiger partial charge in [0.1, 0.15) is 0 Å². The first-order valence-corrected chi connectivity index (χ1v) is 4.92. The van der Waals surface area contributed by atoms with Crippen molar-refractivity contribution in [1.82, 2.24) is 0 Å². The minimum atomic E-state index is -0.0748. The summed E-state index contributed by atoms with van der Waals surface area (Å²) < 4.78 is 11.0. The Kier molecular flexibility index (Phi) is 3.51. The van der Waals surface area contributed by atoms with Gasteiger partial charge in [0.05, 0.1) is 6.10 Å². The van der Waals surface area contributed by atoms with Crippen LogP contribution in [0, 0.1) is 17.8 Å². The molecule has 0 aromatic rings. The molecular weight excluding hydrogens is 164 g/mol. The molecule has 0 saturated carbocycles. The Hall–Kier alpha value is -0.340. The minimum Gasteiger partial charge on any atom is -0.356 e. The van der Waals surface area contributed by atoms with E-state index in [-0.39, 0.29) is 12.4 Å². The maximum absolute atomic E-state index is 5.74. The summed E-state index contributed by atoms with van der Waals surface area (Å²) in [5.74, 6) is 1.59. The maximum Gasteiger partial charge on any atom is 0.160 e. The van der Waals surface area contributed by atoms with Gasteiger partial charge < -0.3 is 9.47 Å². The highest BCUT2D eigenvalue weighted by Gasteiger charge is 2.37. The molecule has 1 aliphatic rings. The highest BCUT2D eigenvalue weighted by atomic mass is 16.7. The van der Waals surface area contributed by atoms with Gasteiger partial charge >= 0.3 is 0 Å². The van der Waals surface area contributed by atoms with Crippen LogP contribution in [0.3, 0.4) is 0 Å². The average Bonchev–Trinajstić information content (AvgIpc) is 2.15. The zero-order valence-electron chi connectivity index (χ0n) is 8.99. The third-order valence-corrected chi connectivity index (χ3v) is 3.36. The van der Waals surface area contributed by atoms with Crippen molar-refractivity contribution in [3.63, 3.8) is 0 Å². The van der Waals surface area contributed by atoms with E-state index in [4.69, 9.17) is 9.47 Å². The monoisotopic (exact) mass is 184 g/mol. The van der Waals surface area contributed by atoms with Crippen molar-refractivity contribution < 1.29 is 9.47 Å². The SMILES string of the molecule is C=CC1O[C@H](OC)C(C)[C@@H](C)[C@H]1C. The Morgan fingerprint density at radius 3 is 2.23 bits per heavy atom. The molecule has 2 nitrogen and oxygen atoms in total. The van der Waals surface area contributed by atoms with Gasteiger partial charge in [-0.2, -0.15) is 0 Å². The van der Waals surface area contributed by atoms with E-state index in [2.05, 4.69) is 27.4 Å². The van der Waals surface area contributed by atoms with Crippen molar-refractivity contribution in [3.05, 3.63) is 12.7 Å². The van der Waals surface area contributed by atoms with E-state index in [0.29, 0.717) is 17.8 Å². The summed E-state index contributed by atoms with van der Waals surface area (Å²) in [7, 11) is 1.70. The van der Waals surface area contributed by atoms with Gasteiger partial charge in [-0.3, -0.25) is 0 Å². The van der Waals surface area contributed by atoms with Crippen LogP contribution in [-0.4, -0.2) is 19.5 Å². The van der Waals surface area contributed by atoms with E-state index in [1.165, 1.54) is 0 Å². The van der Waals surface area contributed by atoms with Crippen LogP contribution in [-0.2, 0) is 9.47 Å². The molecule has 0 N–H and O–H groups in total. The lowest BCUT2D eigenvalue weighted by Gasteiger charge is -2.41. The first-order valence-electron chi connectivity index (χ1n) is 4.92. The third-order valence-electron chi connectivity index (χ3n) is 3.36. The predicted octanol–water partition coefficient (Wildman–Crippen LogP) is 2.45. The summed E-state index contributed by atoms with van der Waals surface area (Å²) in [5.41, 5.74) is 0. The Morgan fingerprint density at radius 2 is 1.77 bits per heavy atom. The second-order valence-corrected chi connectivity index (χ2v) is 4.02. The Bertz CT molecular complexity index is 177. The first kappa shape index (κ1) is 10.7. The van der Waals surface area contributed by atoms with E-state index < -0.39 is 0 Å². The second-order valence-electron chi connectivity index (χ2n) is 4.02. The van der Waals surface area contributed by atoms with Gasteiger partial charge in [-0.15, -0.1) is 6.58 Å². The van der Waals surface area contributed by atoms with E-state index in [1.807, 2.05) is 6.08 Å². The fourth-order valence-electron chi connectivity index (χ4n) is 1.97. The Balaban J connectivity index is 2.71. The molecule has 76 valence electrons. The predicted molar refractivity (Wildman–Crippen MR) is 53.4 cm³/mol. The normalized spacial score (nSPS) is 46.0. The maximum atomic E-state index is 5.74. The molecule has 13 heavy (non-hydrogen) atoms. The van der Waals surface area contributed by atoms with Crippen LogP contribution in [0.1, 0.15) is 20.8 Å². The summed E-state index contributed by atoms with van der Waals surface area (Å²) in [6.45, 7) is 10.4. The van der Waals surface area contributed by atoms with E-state index in [9.17, 15) is 0 Å². The number of rotatable bonds is 2. The molecule has 0 aromatic carbocycles. The van der Waals surface area contributed by atoms with Crippen LogP contribution in [0.5, 0.6) is 0 Å². The number of hydrogen-bond acceptors (Lipinski definition) is 2. The average molecular weight is 184 g/mol. The zero-order valence-corrected chi connectivity index (χ0v) is 8.99. The highest BCUT2D eigenvalue weighted by molar-refractivity contribution is 4.92. The smallest absolute Gasteiger partial charge is 0.160 e. The van der Waals surface area contributed by atoms with Gasteiger partial charge in [0.15, 0.2) is 6.29 Å². The van der Waals surface area contributed by atoms with E-state index in [0.717, 1.165) is 0 Å². The lowest BCUT2D eigenvalue weighted by molar-refractivity contribution is -0.224. The molecule has 0 aliphatic carbocycles. The van der Waals surface area contributed by atoms with Crippen LogP contribution in [0.25, 0.3) is 0 Å². The highest BCUT2D eigenvalue weighted by Crippen LogP contribution is 2.35. The molecule has 0 aromatic heterocycles. The molecule has 0 spiro atoms. The van der Waals surface area contributed by atoms with Crippen LogP contribution in [0.2, 0.25) is 0 Å². The van der Waals surface area contributed by atoms with Gasteiger partial charge in [-0.25, -0.2) is 0 Å². The Labute approximate surface area is 80.9 Å². The minimum absolute atomic E-state index is 0.0748. The van der Waals surface area contributed by atoms with Crippen molar-refractivity contribution in [2.45, 2.75) is 33.2 Å². The van der Waals surface area contributed by atoms with Crippen LogP contribution >= 0.6 is 0 Å². The fraction of sp³-hybridized carbons (Fsp3) is 0.818. The molecule has 1 aliphatic heterocycles. The third kappa shape index (κ3) is 1.94. The lowest BCUT2D eigenvalue weighted by atomic mass is 9.79. The molecule has 1 fully saturated rings. The lowest BCUT2D eigenvalue weighted by Crippen LogP contribution is -2.44. The van der Waals surface area contributed by atoms with Crippen molar-refractivity contribution in [3.8, 4) is 0 Å². The van der Waals surface area contributed by atoms with Gasteiger partial charge in [0, 0.05) is 13.0 Å². The summed E-state index contributed by atoms with van der Waals surface area (Å²) >= 11 is 0. The Morgan fingerprint density at radius 1 is 1.15 bits per heavy atom. The van der Waals surface area contributed by atoms with Crippen LogP contribution < -0.4 is 0 Å². The molecule has 1 rings (SSSR count). The molecule has 0 radical (unpaired) electrons. The summed E-state index contributed by atoms with van der Waals surface area (Å²) in [6, 6.07) is 0. The summed E-state index contributed by atoms with van der Waals surface area (Å²) in [5, 5.41) is 0. The molecule has 2 heteroatoms. The van der Waals surface area contributed by atoms with E-state index >= 15 is 0 Å². The molecule has 0 bridgehead atoms. The van der Waals surface area contributed by atoms with Gasteiger partial charge in [0.25, 0.3) is 0 Å². The number of methoxy groups -OCH3 is 1. The molecular formula is C11H20O2. The van der Waals surface area contributed by atoms with Gasteiger partial charge in [-0.05, 0) is 11.8 Å². The molecule has 5 atom stereocenters. The standard InChI is InChI=1S/C11H20O2/c1-6-10-8(3)7(2)9(4)11(12-5)13-10/h6-11H,1H2,2-5H3/t7-,8+,9?,10?,11-/m0/s1. The number of hydrogen-bond donors (Lipinski definition) is 0. The molecule has 2 unspecified atom stereocenters. The quantitative estimate of drug-likeness (QED) is 0.614. The van der Waals surface area contributed by atoms with Crippen molar-refractivity contribution in [2.75, 3.05) is 7.11 Å². The molecule has 0 amide bonds. The fourth-order valence-corrected chi connectivity index (χ4v) is 1.97. The van der Waals surface area contributed by atoms with Crippen LogP contribution in [0.4, 0.5) is 0 Å². The van der Waals surface area contributed by atoms with Crippen molar-refractivity contribution in [2.24, 2.45) is 17.8 Å². The largest absolute Gasteiger partial charge is 0.356 e. The summed E-state index contributed by atoms with van der Waals surface area (Å²) in [4.78, 5) is 0. The van der Waals surface area contributed by atoms with Crippen molar-refractivity contribution >= 4 is 0 Å². The van der Waals surface area contributed by atoms with Gasteiger partial charge in [-0.1, -0.05) is 26.8 Å². The summed E-state index contributed by atoms with van der Waals surface area (Å²) in [6.07, 6.45) is 1.93. The topological polar surface area (TPSA) is 18.5 Å². The second kappa shape index (κ2) is 4.25.